The summed E-state index contributed by atoms with van der Waals surface area (Å²) in [6.07, 6.45) is 2.25. The summed E-state index contributed by atoms with van der Waals surface area (Å²) in [6.45, 7) is 3.83. The fraction of sp³-hybridized carbons (Fsp3) is 0.385. The van der Waals surface area contributed by atoms with E-state index < -0.39 is 0 Å². The maximum atomic E-state index is 5.20. The first-order valence-electron chi connectivity index (χ1n) is 6.42. The molecule has 19 heavy (non-hydrogen) atoms. The second-order valence-electron chi connectivity index (χ2n) is 4.43. The van der Waals surface area contributed by atoms with Crippen LogP contribution in [0.15, 0.2) is 29.3 Å². The van der Waals surface area contributed by atoms with Gasteiger partial charge in [0, 0.05) is 18.8 Å². The Hall–Kier alpha value is -1.82. The number of hydrogen-bond donors (Lipinski definition) is 4. The molecule has 1 heterocycles. The highest BCUT2D eigenvalue weighted by atomic mass is 32.1. The van der Waals surface area contributed by atoms with Crippen LogP contribution in [-0.2, 0) is 0 Å². The Labute approximate surface area is 118 Å². The van der Waals surface area contributed by atoms with E-state index in [0.717, 1.165) is 37.6 Å². The van der Waals surface area contributed by atoms with Crippen molar-refractivity contribution < 1.29 is 0 Å². The number of hydrogen-bond acceptors (Lipinski definition) is 4. The van der Waals surface area contributed by atoms with Crippen LogP contribution in [0.3, 0.4) is 0 Å². The van der Waals surface area contributed by atoms with Crippen LogP contribution < -0.4 is 21.5 Å². The van der Waals surface area contributed by atoms with Crippen LogP contribution in [-0.4, -0.2) is 24.2 Å². The summed E-state index contributed by atoms with van der Waals surface area (Å²) in [5.41, 5.74) is 8.08. The molecule has 5 nitrogen and oxygen atoms in total. The minimum atomic E-state index is 0.512. The van der Waals surface area contributed by atoms with Gasteiger partial charge in [0.1, 0.15) is 0 Å². The second-order valence-corrected chi connectivity index (χ2v) is 4.84. The van der Waals surface area contributed by atoms with Gasteiger partial charge in [-0.25, -0.2) is 0 Å². The molecule has 6 heteroatoms. The number of benzene rings is 1. The number of guanidine groups is 1. The van der Waals surface area contributed by atoms with Crippen molar-refractivity contribution in [2.24, 2.45) is 4.99 Å². The van der Waals surface area contributed by atoms with Gasteiger partial charge in [-0.15, -0.1) is 0 Å². The van der Waals surface area contributed by atoms with E-state index in [2.05, 4.69) is 33.4 Å². The monoisotopic (exact) mass is 277 g/mol. The number of rotatable bonds is 1. The molecule has 0 amide bonds. The minimum absolute atomic E-state index is 0.512. The van der Waals surface area contributed by atoms with Gasteiger partial charge >= 0.3 is 0 Å². The van der Waals surface area contributed by atoms with Crippen molar-refractivity contribution in [1.82, 2.24) is 16.2 Å². The Kier molecular flexibility index (Phi) is 4.97. The van der Waals surface area contributed by atoms with Gasteiger partial charge < -0.3 is 10.6 Å². The number of aliphatic imine (C=N–C) groups is 1. The van der Waals surface area contributed by atoms with Crippen LogP contribution >= 0.6 is 12.2 Å². The lowest BCUT2D eigenvalue weighted by Gasteiger charge is -2.14. The van der Waals surface area contributed by atoms with Gasteiger partial charge in [0.25, 0.3) is 0 Å². The number of nitrogens with zero attached hydrogens (tertiary/aromatic N) is 1. The van der Waals surface area contributed by atoms with Crippen molar-refractivity contribution in [2.45, 2.75) is 19.8 Å². The smallest absolute Gasteiger partial charge is 0.210 e. The first-order valence-corrected chi connectivity index (χ1v) is 6.83. The molecule has 102 valence electrons. The number of nitrogens with one attached hydrogen (secondary N) is 4. The van der Waals surface area contributed by atoms with Gasteiger partial charge in [-0.05, 0) is 44.1 Å². The van der Waals surface area contributed by atoms with Gasteiger partial charge in [0.05, 0.1) is 0 Å². The maximum Gasteiger partial charge on any atom is 0.210 e. The number of anilines is 1. The molecule has 2 rings (SSSR count). The lowest BCUT2D eigenvalue weighted by atomic mass is 10.2. The van der Waals surface area contributed by atoms with E-state index in [4.69, 9.17) is 12.2 Å². The van der Waals surface area contributed by atoms with Crippen LogP contribution in [0.25, 0.3) is 0 Å². The van der Waals surface area contributed by atoms with Gasteiger partial charge in [0.15, 0.2) is 5.11 Å². The average Bonchev–Trinajstić information content (AvgIpc) is 2.68. The third-order valence-corrected chi connectivity index (χ3v) is 2.96. The van der Waals surface area contributed by atoms with E-state index in [1.54, 1.807) is 0 Å². The highest BCUT2D eigenvalue weighted by Crippen LogP contribution is 2.07. The van der Waals surface area contributed by atoms with Gasteiger partial charge in [-0.1, -0.05) is 17.7 Å². The van der Waals surface area contributed by atoms with Gasteiger partial charge in [0.2, 0.25) is 5.96 Å². The molecule has 0 fully saturated rings. The summed E-state index contributed by atoms with van der Waals surface area (Å²) in [6, 6.07) is 8.06. The zero-order valence-corrected chi connectivity index (χ0v) is 11.8. The molecule has 0 aliphatic carbocycles. The molecule has 1 aromatic rings. The van der Waals surface area contributed by atoms with Crippen molar-refractivity contribution >= 4 is 29.0 Å². The quantitative estimate of drug-likeness (QED) is 0.463. The zero-order chi connectivity index (χ0) is 13.5. The highest BCUT2D eigenvalue weighted by molar-refractivity contribution is 7.80. The van der Waals surface area contributed by atoms with Crippen molar-refractivity contribution in [3.63, 3.8) is 0 Å². The molecular formula is C13H19N5S. The average molecular weight is 277 g/mol. The Bertz CT molecular complexity index is 455. The van der Waals surface area contributed by atoms with Crippen molar-refractivity contribution in [3.05, 3.63) is 29.8 Å². The van der Waals surface area contributed by atoms with Crippen molar-refractivity contribution in [1.29, 1.82) is 0 Å². The zero-order valence-electron chi connectivity index (χ0n) is 11.0. The fourth-order valence-corrected chi connectivity index (χ4v) is 1.86. The molecule has 1 aliphatic rings. The van der Waals surface area contributed by atoms with Crippen LogP contribution in [0.1, 0.15) is 18.4 Å². The fourth-order valence-electron chi connectivity index (χ4n) is 1.69. The van der Waals surface area contributed by atoms with E-state index in [1.165, 1.54) is 5.56 Å². The number of aryl methyl sites for hydroxylation is 1. The van der Waals surface area contributed by atoms with E-state index in [0.29, 0.717) is 5.11 Å². The third kappa shape index (κ3) is 4.75. The molecule has 0 aromatic heterocycles. The first kappa shape index (κ1) is 13.6. The molecule has 0 bridgehead atoms. The molecule has 1 aliphatic heterocycles. The Morgan fingerprint density at radius 1 is 1.26 bits per heavy atom. The molecule has 0 radical (unpaired) electrons. The normalized spacial score (nSPS) is 14.7. The molecule has 4 N–H and O–H groups in total. The topological polar surface area (TPSA) is 60.5 Å². The third-order valence-electron chi connectivity index (χ3n) is 2.75. The van der Waals surface area contributed by atoms with E-state index in [9.17, 15) is 0 Å². The molecule has 0 saturated heterocycles. The predicted octanol–water partition coefficient (Wildman–Crippen LogP) is 1.53. The van der Waals surface area contributed by atoms with Gasteiger partial charge in [-0.3, -0.25) is 15.8 Å². The second kappa shape index (κ2) is 6.94. The highest BCUT2D eigenvalue weighted by Gasteiger charge is 2.03. The molecule has 0 atom stereocenters. The van der Waals surface area contributed by atoms with Crippen molar-refractivity contribution in [2.75, 3.05) is 18.4 Å². The largest absolute Gasteiger partial charge is 0.355 e. The van der Waals surface area contributed by atoms with Gasteiger partial charge in [-0.2, -0.15) is 0 Å². The van der Waals surface area contributed by atoms with Crippen LogP contribution in [0.2, 0.25) is 0 Å². The van der Waals surface area contributed by atoms with E-state index >= 15 is 0 Å². The predicted molar refractivity (Wildman–Crippen MR) is 83.2 cm³/mol. The Morgan fingerprint density at radius 3 is 2.84 bits per heavy atom. The standard InChI is InChI=1S/C13H19N5S/c1-10-4-6-11(7-5-10)16-13(19)18-17-12-14-8-2-3-9-15-12/h4-7H,2-3,8-9H2,1H3,(H2,14,15,17)(H2,16,18,19). The lowest BCUT2D eigenvalue weighted by molar-refractivity contribution is 0.739. The molecule has 0 spiro atoms. The lowest BCUT2D eigenvalue weighted by Crippen LogP contribution is -2.49. The summed E-state index contributed by atoms with van der Waals surface area (Å²) < 4.78 is 0. The number of thiocarbonyl (C=S) groups is 1. The Balaban J connectivity index is 1.78. The maximum absolute atomic E-state index is 5.20. The van der Waals surface area contributed by atoms with Crippen LogP contribution in [0, 0.1) is 6.92 Å². The summed E-state index contributed by atoms with van der Waals surface area (Å²) in [7, 11) is 0. The summed E-state index contributed by atoms with van der Waals surface area (Å²) >= 11 is 5.20. The summed E-state index contributed by atoms with van der Waals surface area (Å²) in [4.78, 5) is 4.36. The molecule has 0 saturated carbocycles. The van der Waals surface area contributed by atoms with Crippen LogP contribution in [0.4, 0.5) is 5.69 Å². The minimum Gasteiger partial charge on any atom is -0.355 e. The van der Waals surface area contributed by atoms with E-state index in [1.807, 2.05) is 24.3 Å². The van der Waals surface area contributed by atoms with Crippen LogP contribution in [0.5, 0.6) is 0 Å². The number of hydrazine groups is 1. The SMILES string of the molecule is Cc1ccc(NC(=S)NNC2=NCCCCN2)cc1. The molecule has 1 aromatic carbocycles. The molecule has 0 unspecified atom stereocenters. The Morgan fingerprint density at radius 2 is 2.05 bits per heavy atom. The first-order chi connectivity index (χ1) is 9.24. The summed E-state index contributed by atoms with van der Waals surface area (Å²) in [5, 5.41) is 6.81. The molecular weight excluding hydrogens is 258 g/mol. The van der Waals surface area contributed by atoms with Crippen molar-refractivity contribution in [3.8, 4) is 0 Å². The van der Waals surface area contributed by atoms with E-state index in [-0.39, 0.29) is 0 Å². The summed E-state index contributed by atoms with van der Waals surface area (Å²) in [5.74, 6) is 0.741.